The van der Waals surface area contributed by atoms with Crippen LogP contribution in [0.5, 0.6) is 5.75 Å². The molecule has 20 heavy (non-hydrogen) atoms. The smallest absolute Gasteiger partial charge is 0.251 e. The van der Waals surface area contributed by atoms with Crippen molar-refractivity contribution in [3.63, 3.8) is 0 Å². The summed E-state index contributed by atoms with van der Waals surface area (Å²) >= 11 is 0. The molecule has 4 heteroatoms. The first-order chi connectivity index (χ1) is 9.58. The fourth-order valence-electron chi connectivity index (χ4n) is 1.63. The molecule has 0 spiro atoms. The molecular weight excluding hydrogens is 254 g/mol. The lowest BCUT2D eigenvalue weighted by atomic mass is 10.0. The zero-order valence-corrected chi connectivity index (χ0v) is 12.1. The lowest BCUT2D eigenvalue weighted by Gasteiger charge is -2.17. The Labute approximate surface area is 120 Å². The number of benzene rings is 1. The van der Waals surface area contributed by atoms with Crippen molar-refractivity contribution in [1.82, 2.24) is 5.32 Å². The van der Waals surface area contributed by atoms with Crippen molar-refractivity contribution in [1.29, 1.82) is 0 Å². The van der Waals surface area contributed by atoms with Crippen molar-refractivity contribution in [3.8, 4) is 5.75 Å². The van der Waals surface area contributed by atoms with Crippen LogP contribution in [0.4, 0.5) is 0 Å². The summed E-state index contributed by atoms with van der Waals surface area (Å²) < 4.78 is 5.34. The van der Waals surface area contributed by atoms with Crippen LogP contribution in [0.1, 0.15) is 30.6 Å². The van der Waals surface area contributed by atoms with Crippen LogP contribution in [0.15, 0.2) is 36.9 Å². The number of carbonyl (C=O) groups excluding carboxylic acids is 1. The van der Waals surface area contributed by atoms with Crippen LogP contribution in [-0.2, 0) is 0 Å². The molecule has 0 radical (unpaired) electrons. The monoisotopic (exact) mass is 277 g/mol. The first-order valence-electron chi connectivity index (χ1n) is 6.88. The van der Waals surface area contributed by atoms with Crippen LogP contribution < -0.4 is 10.1 Å². The van der Waals surface area contributed by atoms with Gasteiger partial charge in [-0.05, 0) is 30.2 Å². The van der Waals surface area contributed by atoms with Gasteiger partial charge in [0.25, 0.3) is 5.91 Å². The Morgan fingerprint density at radius 2 is 2.10 bits per heavy atom. The third-order valence-electron chi connectivity index (χ3n) is 3.26. The van der Waals surface area contributed by atoms with Gasteiger partial charge in [0.2, 0.25) is 0 Å². The lowest BCUT2D eigenvalue weighted by molar-refractivity contribution is 0.0850. The van der Waals surface area contributed by atoms with Crippen LogP contribution in [0.25, 0.3) is 0 Å². The van der Waals surface area contributed by atoms with Crippen LogP contribution in [0, 0.1) is 5.92 Å². The molecule has 0 fully saturated rings. The molecule has 2 atom stereocenters. The molecule has 0 aliphatic rings. The molecule has 0 aliphatic carbocycles. The summed E-state index contributed by atoms with van der Waals surface area (Å²) in [6.45, 7) is 8.25. The number of ether oxygens (including phenoxy) is 1. The minimum Gasteiger partial charge on any atom is -0.490 e. The summed E-state index contributed by atoms with van der Waals surface area (Å²) in [5, 5.41) is 12.5. The highest BCUT2D eigenvalue weighted by Gasteiger charge is 2.14. The Kier molecular flexibility index (Phi) is 6.81. The van der Waals surface area contributed by atoms with Gasteiger partial charge in [0.1, 0.15) is 12.4 Å². The summed E-state index contributed by atoms with van der Waals surface area (Å²) in [6, 6.07) is 6.87. The molecule has 1 aromatic rings. The molecule has 1 rings (SSSR count). The zero-order chi connectivity index (χ0) is 15.0. The van der Waals surface area contributed by atoms with Crippen molar-refractivity contribution in [2.75, 3.05) is 13.2 Å². The van der Waals surface area contributed by atoms with Gasteiger partial charge in [-0.2, -0.15) is 0 Å². The van der Waals surface area contributed by atoms with E-state index in [2.05, 4.69) is 11.9 Å². The Bertz CT molecular complexity index is 428. The van der Waals surface area contributed by atoms with E-state index >= 15 is 0 Å². The highest BCUT2D eigenvalue weighted by molar-refractivity contribution is 5.94. The quantitative estimate of drug-likeness (QED) is 0.717. The van der Waals surface area contributed by atoms with Crippen LogP contribution in [0.3, 0.4) is 0 Å². The molecule has 2 N–H and O–H groups in total. The van der Waals surface area contributed by atoms with E-state index < -0.39 is 6.10 Å². The third kappa shape index (κ3) is 5.05. The number of hydrogen-bond acceptors (Lipinski definition) is 3. The lowest BCUT2D eigenvalue weighted by Crippen LogP contribution is -2.35. The van der Waals surface area contributed by atoms with E-state index in [4.69, 9.17) is 4.74 Å². The average molecular weight is 277 g/mol. The fourth-order valence-corrected chi connectivity index (χ4v) is 1.63. The molecule has 1 amide bonds. The zero-order valence-electron chi connectivity index (χ0n) is 12.1. The summed E-state index contributed by atoms with van der Waals surface area (Å²) in [5.74, 6) is 0.675. The molecule has 0 saturated carbocycles. The normalized spacial score (nSPS) is 13.3. The number of hydrogen-bond donors (Lipinski definition) is 2. The van der Waals surface area contributed by atoms with Gasteiger partial charge in [-0.25, -0.2) is 0 Å². The maximum absolute atomic E-state index is 11.9. The van der Waals surface area contributed by atoms with Gasteiger partial charge in [0, 0.05) is 12.1 Å². The fraction of sp³-hybridized carbons (Fsp3) is 0.438. The molecule has 0 aliphatic heterocycles. The van der Waals surface area contributed by atoms with Gasteiger partial charge in [-0.3, -0.25) is 4.79 Å². The molecular formula is C16H23NO3. The number of rotatable bonds is 8. The van der Waals surface area contributed by atoms with E-state index in [0.29, 0.717) is 17.9 Å². The Morgan fingerprint density at radius 1 is 1.45 bits per heavy atom. The Balaban J connectivity index is 2.49. The molecule has 2 unspecified atom stereocenters. The number of carbonyl (C=O) groups is 1. The van der Waals surface area contributed by atoms with Gasteiger partial charge in [-0.15, -0.1) is 0 Å². The summed E-state index contributed by atoms with van der Waals surface area (Å²) in [6.07, 6.45) is 2.03. The van der Waals surface area contributed by atoms with Gasteiger partial charge < -0.3 is 15.2 Å². The first-order valence-corrected chi connectivity index (χ1v) is 6.88. The largest absolute Gasteiger partial charge is 0.490 e. The highest BCUT2D eigenvalue weighted by atomic mass is 16.5. The summed E-state index contributed by atoms with van der Waals surface area (Å²) in [7, 11) is 0. The molecule has 0 heterocycles. The molecule has 4 nitrogen and oxygen atoms in total. The van der Waals surface area contributed by atoms with Gasteiger partial charge >= 0.3 is 0 Å². The number of nitrogens with one attached hydrogen (secondary N) is 1. The maximum atomic E-state index is 11.9. The summed E-state index contributed by atoms with van der Waals surface area (Å²) in [4.78, 5) is 11.9. The van der Waals surface area contributed by atoms with E-state index in [-0.39, 0.29) is 18.4 Å². The summed E-state index contributed by atoms with van der Waals surface area (Å²) in [5.41, 5.74) is 0.548. The van der Waals surface area contributed by atoms with Crippen molar-refractivity contribution in [3.05, 3.63) is 42.5 Å². The number of amides is 1. The highest BCUT2D eigenvalue weighted by Crippen LogP contribution is 2.12. The van der Waals surface area contributed by atoms with E-state index in [9.17, 15) is 9.90 Å². The molecule has 1 aromatic carbocycles. The first kappa shape index (κ1) is 16.2. The minimum absolute atomic E-state index is 0.171. The second-order valence-corrected chi connectivity index (χ2v) is 4.79. The Morgan fingerprint density at radius 3 is 2.65 bits per heavy atom. The van der Waals surface area contributed by atoms with Crippen LogP contribution in [-0.4, -0.2) is 30.3 Å². The molecule has 0 saturated heterocycles. The van der Waals surface area contributed by atoms with Crippen LogP contribution >= 0.6 is 0 Å². The van der Waals surface area contributed by atoms with E-state index in [1.165, 1.54) is 0 Å². The predicted molar refractivity (Wildman–Crippen MR) is 79.9 cm³/mol. The molecule has 110 valence electrons. The maximum Gasteiger partial charge on any atom is 0.251 e. The van der Waals surface area contributed by atoms with E-state index in [0.717, 1.165) is 6.42 Å². The van der Waals surface area contributed by atoms with Gasteiger partial charge in [-0.1, -0.05) is 32.9 Å². The topological polar surface area (TPSA) is 58.6 Å². The Hall–Kier alpha value is -1.81. The minimum atomic E-state index is -0.515. The third-order valence-corrected chi connectivity index (χ3v) is 3.26. The second kappa shape index (κ2) is 8.38. The van der Waals surface area contributed by atoms with Gasteiger partial charge in [0.05, 0.1) is 6.10 Å². The second-order valence-electron chi connectivity index (χ2n) is 4.79. The van der Waals surface area contributed by atoms with Crippen molar-refractivity contribution in [2.45, 2.75) is 26.4 Å². The van der Waals surface area contributed by atoms with Crippen LogP contribution in [0.2, 0.25) is 0 Å². The number of aliphatic hydroxyl groups excluding tert-OH is 1. The van der Waals surface area contributed by atoms with Crippen molar-refractivity contribution < 1.29 is 14.6 Å². The van der Waals surface area contributed by atoms with E-state index in [1.807, 2.05) is 13.8 Å². The SMILES string of the molecule is C=CCOc1ccc(C(=O)NCC(O)C(C)CC)cc1. The number of aliphatic hydroxyl groups is 1. The predicted octanol–water partition coefficient (Wildman–Crippen LogP) is 2.39. The van der Waals surface area contributed by atoms with Crippen molar-refractivity contribution in [2.24, 2.45) is 5.92 Å². The average Bonchev–Trinajstić information content (AvgIpc) is 2.49. The van der Waals surface area contributed by atoms with E-state index in [1.54, 1.807) is 30.3 Å². The van der Waals surface area contributed by atoms with Crippen molar-refractivity contribution >= 4 is 5.91 Å². The molecule has 0 bridgehead atoms. The molecule has 0 aromatic heterocycles. The van der Waals surface area contributed by atoms with Gasteiger partial charge in [0.15, 0.2) is 0 Å². The standard InChI is InChI=1S/C16H23NO3/c1-4-10-20-14-8-6-13(7-9-14)16(19)17-11-15(18)12(3)5-2/h4,6-9,12,15,18H,1,5,10-11H2,2-3H3,(H,17,19).